The molecule has 0 aliphatic carbocycles. The van der Waals surface area contributed by atoms with E-state index in [2.05, 4.69) is 15.5 Å². The van der Waals surface area contributed by atoms with E-state index in [1.165, 1.54) is 18.3 Å². The summed E-state index contributed by atoms with van der Waals surface area (Å²) in [5, 5.41) is 8.82. The van der Waals surface area contributed by atoms with Gasteiger partial charge in [0.2, 0.25) is 0 Å². The lowest BCUT2D eigenvalue weighted by atomic mass is 10.4. The molecule has 0 fully saturated rings. The second-order valence-corrected chi connectivity index (χ2v) is 4.03. The monoisotopic (exact) mass is 272 g/mol. The van der Waals surface area contributed by atoms with Crippen LogP contribution in [0.4, 0.5) is 19.0 Å². The van der Waals surface area contributed by atoms with E-state index in [0.29, 0.717) is 0 Å². The number of aryl methyl sites for hydroxylation is 1. The topological polar surface area (TPSA) is 62.7 Å². The molecule has 0 aliphatic rings. The van der Waals surface area contributed by atoms with Crippen molar-refractivity contribution in [2.45, 2.75) is 19.6 Å². The van der Waals surface area contributed by atoms with Crippen LogP contribution in [0.25, 0.3) is 0 Å². The molecular formula is C11H11F3N4O. The van der Waals surface area contributed by atoms with Gasteiger partial charge in [0.15, 0.2) is 5.82 Å². The fourth-order valence-corrected chi connectivity index (χ4v) is 1.61. The fourth-order valence-electron chi connectivity index (χ4n) is 1.61. The van der Waals surface area contributed by atoms with Gasteiger partial charge >= 0.3 is 6.18 Å². The van der Waals surface area contributed by atoms with Crippen LogP contribution >= 0.6 is 0 Å². The van der Waals surface area contributed by atoms with E-state index in [4.69, 9.17) is 0 Å². The molecule has 5 nitrogen and oxygen atoms in total. The molecule has 2 N–H and O–H groups in total. The third kappa shape index (κ3) is 3.36. The number of nitrogens with zero attached hydrogens (tertiary/aromatic N) is 2. The normalized spacial score (nSPS) is 11.6. The Morgan fingerprint density at radius 1 is 1.53 bits per heavy atom. The van der Waals surface area contributed by atoms with Crippen LogP contribution in [0.3, 0.4) is 0 Å². The zero-order valence-corrected chi connectivity index (χ0v) is 9.95. The third-order valence-electron chi connectivity index (χ3n) is 2.36. The summed E-state index contributed by atoms with van der Waals surface area (Å²) < 4.78 is 37.8. The molecule has 0 aromatic carbocycles. The maximum absolute atomic E-state index is 12.3. The highest BCUT2D eigenvalue weighted by molar-refractivity contribution is 6.02. The van der Waals surface area contributed by atoms with E-state index < -0.39 is 18.6 Å². The first-order valence-corrected chi connectivity index (χ1v) is 5.40. The smallest absolute Gasteiger partial charge is 0.334 e. The molecule has 8 heteroatoms. The Balaban J connectivity index is 2.13. The van der Waals surface area contributed by atoms with Crippen LogP contribution in [0.15, 0.2) is 24.4 Å². The molecule has 102 valence electrons. The van der Waals surface area contributed by atoms with Crippen LogP contribution in [0.5, 0.6) is 0 Å². The van der Waals surface area contributed by atoms with Crippen molar-refractivity contribution >= 4 is 11.7 Å². The van der Waals surface area contributed by atoms with Crippen molar-refractivity contribution in [3.05, 3.63) is 35.8 Å². The van der Waals surface area contributed by atoms with E-state index in [0.717, 1.165) is 10.3 Å². The first-order chi connectivity index (χ1) is 8.85. The average Bonchev–Trinajstić information content (AvgIpc) is 2.85. The molecule has 0 unspecified atom stereocenters. The average molecular weight is 272 g/mol. The third-order valence-corrected chi connectivity index (χ3v) is 2.36. The number of aromatic nitrogens is 3. The highest BCUT2D eigenvalue weighted by atomic mass is 19.4. The number of anilines is 1. The van der Waals surface area contributed by atoms with Crippen molar-refractivity contribution in [3.8, 4) is 0 Å². The van der Waals surface area contributed by atoms with Crippen molar-refractivity contribution in [1.29, 1.82) is 0 Å². The number of rotatable bonds is 3. The van der Waals surface area contributed by atoms with Gasteiger partial charge in [0.05, 0.1) is 0 Å². The van der Waals surface area contributed by atoms with Gasteiger partial charge in [0.25, 0.3) is 5.91 Å². The number of halogens is 3. The summed E-state index contributed by atoms with van der Waals surface area (Å²) in [5.74, 6) is -0.372. The van der Waals surface area contributed by atoms with Crippen molar-refractivity contribution < 1.29 is 18.0 Å². The van der Waals surface area contributed by atoms with Gasteiger partial charge in [-0.3, -0.25) is 9.89 Å². The molecule has 1 amide bonds. The number of alkyl halides is 3. The first kappa shape index (κ1) is 13.2. The fraction of sp³-hybridized carbons (Fsp3) is 0.273. The Morgan fingerprint density at radius 3 is 2.84 bits per heavy atom. The Bertz CT molecular complexity index is 585. The lowest BCUT2D eigenvalue weighted by Gasteiger charge is -2.11. The minimum Gasteiger partial charge on any atom is -0.334 e. The van der Waals surface area contributed by atoms with Crippen molar-refractivity contribution in [1.82, 2.24) is 14.8 Å². The van der Waals surface area contributed by atoms with Gasteiger partial charge in [-0.05, 0) is 19.1 Å². The molecule has 0 spiro atoms. The zero-order chi connectivity index (χ0) is 14.0. The van der Waals surface area contributed by atoms with Crippen molar-refractivity contribution in [3.63, 3.8) is 0 Å². The lowest BCUT2D eigenvalue weighted by molar-refractivity contribution is -0.140. The van der Waals surface area contributed by atoms with Gasteiger partial charge in [0, 0.05) is 18.0 Å². The largest absolute Gasteiger partial charge is 0.406 e. The lowest BCUT2D eigenvalue weighted by Crippen LogP contribution is -2.23. The van der Waals surface area contributed by atoms with Crippen LogP contribution in [-0.2, 0) is 6.54 Å². The van der Waals surface area contributed by atoms with Crippen molar-refractivity contribution in [2.24, 2.45) is 0 Å². The first-order valence-electron chi connectivity index (χ1n) is 5.40. The standard InChI is InChI=1S/C11H11F3N4O/c1-7-5-9(17-16-7)15-10(19)8-3-2-4-18(8)6-11(12,13)14/h2-5H,6H2,1H3,(H2,15,16,17,19). The molecule has 0 radical (unpaired) electrons. The van der Waals surface area contributed by atoms with E-state index in [1.807, 2.05) is 0 Å². The maximum Gasteiger partial charge on any atom is 0.406 e. The van der Waals surface area contributed by atoms with Gasteiger partial charge < -0.3 is 9.88 Å². The molecule has 0 saturated carbocycles. The molecule has 0 saturated heterocycles. The molecule has 0 bridgehead atoms. The molecule has 2 rings (SSSR count). The predicted molar refractivity (Wildman–Crippen MR) is 61.8 cm³/mol. The van der Waals surface area contributed by atoms with Gasteiger partial charge in [-0.2, -0.15) is 18.3 Å². The second kappa shape index (κ2) is 4.79. The number of amides is 1. The quantitative estimate of drug-likeness (QED) is 0.900. The summed E-state index contributed by atoms with van der Waals surface area (Å²) in [6.07, 6.45) is -3.17. The van der Waals surface area contributed by atoms with Gasteiger partial charge in [-0.15, -0.1) is 0 Å². The minimum atomic E-state index is -4.38. The molecule has 2 aromatic rings. The number of hydrogen-bond donors (Lipinski definition) is 2. The van der Waals surface area contributed by atoms with E-state index in [-0.39, 0.29) is 11.5 Å². The number of carbonyl (C=O) groups excluding carboxylic acids is 1. The Morgan fingerprint density at radius 2 is 2.26 bits per heavy atom. The second-order valence-electron chi connectivity index (χ2n) is 4.03. The van der Waals surface area contributed by atoms with E-state index in [9.17, 15) is 18.0 Å². The number of carbonyl (C=O) groups is 1. The maximum atomic E-state index is 12.3. The summed E-state index contributed by atoms with van der Waals surface area (Å²) in [6, 6.07) is 4.28. The van der Waals surface area contributed by atoms with Crippen LogP contribution in [0, 0.1) is 6.92 Å². The van der Waals surface area contributed by atoms with Crippen LogP contribution in [0.1, 0.15) is 16.2 Å². The van der Waals surface area contributed by atoms with Crippen LogP contribution < -0.4 is 5.32 Å². The number of H-pyrrole nitrogens is 1. The Labute approximate surface area is 106 Å². The van der Waals surface area contributed by atoms with Gasteiger partial charge in [-0.1, -0.05) is 0 Å². The molecule has 0 atom stereocenters. The zero-order valence-electron chi connectivity index (χ0n) is 9.95. The van der Waals surface area contributed by atoms with Crippen LogP contribution in [0.2, 0.25) is 0 Å². The molecule has 0 aliphatic heterocycles. The predicted octanol–water partition coefficient (Wildman–Crippen LogP) is 2.33. The number of nitrogens with one attached hydrogen (secondary N) is 2. The van der Waals surface area contributed by atoms with E-state index >= 15 is 0 Å². The number of hydrogen-bond acceptors (Lipinski definition) is 2. The molecular weight excluding hydrogens is 261 g/mol. The molecule has 19 heavy (non-hydrogen) atoms. The van der Waals surface area contributed by atoms with Gasteiger partial charge in [0.1, 0.15) is 12.2 Å². The number of aromatic amines is 1. The summed E-state index contributed by atoms with van der Waals surface area (Å²) in [7, 11) is 0. The Hall–Kier alpha value is -2.25. The SMILES string of the molecule is Cc1cc(NC(=O)c2cccn2CC(F)(F)F)n[nH]1. The minimum absolute atomic E-state index is 0.0713. The molecule has 2 heterocycles. The van der Waals surface area contributed by atoms with E-state index in [1.54, 1.807) is 13.0 Å². The summed E-state index contributed by atoms with van der Waals surface area (Å²) in [4.78, 5) is 11.8. The van der Waals surface area contributed by atoms with Gasteiger partial charge in [-0.25, -0.2) is 0 Å². The Kier molecular flexibility index (Phi) is 3.32. The highest BCUT2D eigenvalue weighted by Gasteiger charge is 2.29. The molecule has 2 aromatic heterocycles. The highest BCUT2D eigenvalue weighted by Crippen LogP contribution is 2.19. The van der Waals surface area contributed by atoms with Crippen molar-refractivity contribution in [2.75, 3.05) is 5.32 Å². The summed E-state index contributed by atoms with van der Waals surface area (Å²) in [5.41, 5.74) is 0.666. The summed E-state index contributed by atoms with van der Waals surface area (Å²) in [6.45, 7) is 0.539. The summed E-state index contributed by atoms with van der Waals surface area (Å²) >= 11 is 0. The van der Waals surface area contributed by atoms with Crippen LogP contribution in [-0.4, -0.2) is 26.8 Å².